The normalized spacial score (nSPS) is 9.88. The van der Waals surface area contributed by atoms with Crippen molar-refractivity contribution in [3.8, 4) is 11.8 Å². The van der Waals surface area contributed by atoms with Gasteiger partial charge < -0.3 is 14.8 Å². The number of ether oxygens (including phenoxy) is 2. The Morgan fingerprint density at radius 1 is 1.27 bits per heavy atom. The van der Waals surface area contributed by atoms with E-state index < -0.39 is 0 Å². The monoisotopic (exact) mass is 433 g/mol. The number of nitrogens with zero attached hydrogens (tertiary/aromatic N) is 1. The number of thiocarbonyl (C=S) groups is 1. The van der Waals surface area contributed by atoms with Crippen LogP contribution in [0.4, 0.5) is 5.69 Å². The van der Waals surface area contributed by atoms with E-state index in [4.69, 9.17) is 27.0 Å². The number of hydrogen-bond donors (Lipinski definition) is 2. The average molecular weight is 434 g/mol. The largest absolute Gasteiger partial charge is 0.490 e. The van der Waals surface area contributed by atoms with Gasteiger partial charge in [0.1, 0.15) is 18.4 Å². The molecule has 0 heterocycles. The predicted molar refractivity (Wildman–Crippen MR) is 106 cm³/mol. The van der Waals surface area contributed by atoms with Crippen molar-refractivity contribution >= 4 is 44.9 Å². The summed E-state index contributed by atoms with van der Waals surface area (Å²) >= 11 is 8.52. The molecule has 2 rings (SSSR count). The second-order valence-corrected chi connectivity index (χ2v) is 6.31. The molecule has 1 amide bonds. The summed E-state index contributed by atoms with van der Waals surface area (Å²) in [4.78, 5) is 12.3. The van der Waals surface area contributed by atoms with Crippen molar-refractivity contribution in [3.05, 3.63) is 58.1 Å². The first-order chi connectivity index (χ1) is 12.5. The van der Waals surface area contributed by atoms with E-state index in [0.29, 0.717) is 40.3 Å². The van der Waals surface area contributed by atoms with E-state index in [-0.39, 0.29) is 11.0 Å². The van der Waals surface area contributed by atoms with E-state index in [1.165, 1.54) is 0 Å². The van der Waals surface area contributed by atoms with Crippen LogP contribution in [0, 0.1) is 11.3 Å². The van der Waals surface area contributed by atoms with Gasteiger partial charge >= 0.3 is 0 Å². The number of carbonyl (C=O) groups is 1. The second-order valence-electron chi connectivity index (χ2n) is 5.05. The zero-order chi connectivity index (χ0) is 18.9. The van der Waals surface area contributed by atoms with Crippen molar-refractivity contribution in [2.24, 2.45) is 0 Å². The Balaban J connectivity index is 1.99. The fourth-order valence-corrected chi connectivity index (χ4v) is 2.71. The van der Waals surface area contributed by atoms with Crippen molar-refractivity contribution in [2.75, 3.05) is 25.6 Å². The number of hydrogen-bond acceptors (Lipinski definition) is 5. The van der Waals surface area contributed by atoms with E-state index in [1.54, 1.807) is 49.6 Å². The van der Waals surface area contributed by atoms with Crippen molar-refractivity contribution in [2.45, 2.75) is 0 Å². The number of nitriles is 1. The van der Waals surface area contributed by atoms with Gasteiger partial charge in [-0.1, -0.05) is 12.1 Å². The number of amides is 1. The Bertz CT molecular complexity index is 852. The van der Waals surface area contributed by atoms with Gasteiger partial charge in [0, 0.05) is 12.7 Å². The van der Waals surface area contributed by atoms with Gasteiger partial charge in [-0.05, 0) is 58.5 Å². The highest BCUT2D eigenvalue weighted by atomic mass is 79.9. The third kappa shape index (κ3) is 5.52. The van der Waals surface area contributed by atoms with Gasteiger partial charge in [-0.15, -0.1) is 0 Å². The first-order valence-corrected chi connectivity index (χ1v) is 8.78. The molecule has 0 bridgehead atoms. The van der Waals surface area contributed by atoms with Crippen LogP contribution in [0.2, 0.25) is 0 Å². The second kappa shape index (κ2) is 9.87. The molecule has 0 aromatic heterocycles. The van der Waals surface area contributed by atoms with Gasteiger partial charge in [-0.2, -0.15) is 5.26 Å². The summed E-state index contributed by atoms with van der Waals surface area (Å²) in [6, 6.07) is 13.9. The molecule has 0 unspecified atom stereocenters. The highest BCUT2D eigenvalue weighted by molar-refractivity contribution is 9.10. The van der Waals surface area contributed by atoms with Crippen LogP contribution in [-0.2, 0) is 4.74 Å². The standard InChI is InChI=1S/C18H16BrN3O3S/c1-24-8-9-25-16-7-6-12(10-14(16)19)17(23)22-18(26)21-15-5-3-2-4-13(15)11-20/h2-7,10H,8-9H2,1H3,(H2,21,22,23,26). The van der Waals surface area contributed by atoms with Gasteiger partial charge in [0.05, 0.1) is 22.3 Å². The Kier molecular flexibility index (Phi) is 7.53. The molecular formula is C18H16BrN3O3S. The lowest BCUT2D eigenvalue weighted by molar-refractivity contribution is 0.0977. The lowest BCUT2D eigenvalue weighted by Gasteiger charge is -2.12. The van der Waals surface area contributed by atoms with E-state index in [1.807, 2.05) is 0 Å². The Morgan fingerprint density at radius 2 is 2.04 bits per heavy atom. The number of rotatable bonds is 6. The van der Waals surface area contributed by atoms with E-state index >= 15 is 0 Å². The maximum atomic E-state index is 12.3. The van der Waals surface area contributed by atoms with E-state index in [9.17, 15) is 4.79 Å². The first kappa shape index (κ1) is 19.8. The minimum atomic E-state index is -0.374. The third-order valence-electron chi connectivity index (χ3n) is 3.26. The summed E-state index contributed by atoms with van der Waals surface area (Å²) in [5.74, 6) is 0.239. The van der Waals surface area contributed by atoms with Crippen LogP contribution in [0.15, 0.2) is 46.9 Å². The zero-order valence-corrected chi connectivity index (χ0v) is 16.3. The molecule has 6 nitrogen and oxygen atoms in total. The van der Waals surface area contributed by atoms with Crippen LogP contribution in [0.5, 0.6) is 5.75 Å². The Hall–Kier alpha value is -2.47. The zero-order valence-electron chi connectivity index (χ0n) is 13.9. The molecular weight excluding hydrogens is 418 g/mol. The molecule has 134 valence electrons. The summed E-state index contributed by atoms with van der Waals surface area (Å²) in [7, 11) is 1.60. The smallest absolute Gasteiger partial charge is 0.257 e. The quantitative estimate of drug-likeness (QED) is 0.535. The predicted octanol–water partition coefficient (Wildman–Crippen LogP) is 3.47. The number of halogens is 1. The SMILES string of the molecule is COCCOc1ccc(C(=O)NC(=S)Nc2ccccc2C#N)cc1Br. The number of benzene rings is 2. The average Bonchev–Trinajstić information content (AvgIpc) is 2.63. The summed E-state index contributed by atoms with van der Waals surface area (Å²) < 4.78 is 11.1. The number of nitrogens with one attached hydrogen (secondary N) is 2. The molecule has 0 saturated carbocycles. The van der Waals surface area contributed by atoms with Gasteiger partial charge in [0.15, 0.2) is 5.11 Å². The minimum Gasteiger partial charge on any atom is -0.490 e. The molecule has 0 radical (unpaired) electrons. The van der Waals surface area contributed by atoms with Gasteiger partial charge in [0.2, 0.25) is 0 Å². The van der Waals surface area contributed by atoms with Crippen LogP contribution >= 0.6 is 28.1 Å². The molecule has 0 aliphatic carbocycles. The highest BCUT2D eigenvalue weighted by Gasteiger charge is 2.12. The fourth-order valence-electron chi connectivity index (χ4n) is 2.01. The van der Waals surface area contributed by atoms with Crippen LogP contribution < -0.4 is 15.4 Å². The summed E-state index contributed by atoms with van der Waals surface area (Å²) in [5.41, 5.74) is 1.38. The molecule has 2 N–H and O–H groups in total. The Morgan fingerprint density at radius 3 is 2.73 bits per heavy atom. The molecule has 8 heteroatoms. The van der Waals surface area contributed by atoms with E-state index in [2.05, 4.69) is 32.6 Å². The third-order valence-corrected chi connectivity index (χ3v) is 4.09. The number of methoxy groups -OCH3 is 1. The van der Waals surface area contributed by atoms with Crippen molar-refractivity contribution < 1.29 is 14.3 Å². The lowest BCUT2D eigenvalue weighted by atomic mass is 10.2. The number of anilines is 1. The molecule has 0 spiro atoms. The van der Waals surface area contributed by atoms with Crippen molar-refractivity contribution in [1.82, 2.24) is 5.32 Å². The molecule has 0 saturated heterocycles. The highest BCUT2D eigenvalue weighted by Crippen LogP contribution is 2.26. The van der Waals surface area contributed by atoms with Crippen LogP contribution in [0.1, 0.15) is 15.9 Å². The van der Waals surface area contributed by atoms with Crippen molar-refractivity contribution in [1.29, 1.82) is 5.26 Å². The van der Waals surface area contributed by atoms with Crippen LogP contribution in [-0.4, -0.2) is 31.3 Å². The van der Waals surface area contributed by atoms with Crippen LogP contribution in [0.25, 0.3) is 0 Å². The minimum absolute atomic E-state index is 0.106. The first-order valence-electron chi connectivity index (χ1n) is 7.58. The molecule has 26 heavy (non-hydrogen) atoms. The molecule has 2 aromatic carbocycles. The maximum absolute atomic E-state index is 12.3. The van der Waals surface area contributed by atoms with Gasteiger partial charge in [-0.3, -0.25) is 10.1 Å². The summed E-state index contributed by atoms with van der Waals surface area (Å²) in [6.45, 7) is 0.881. The maximum Gasteiger partial charge on any atom is 0.257 e. The topological polar surface area (TPSA) is 83.4 Å². The summed E-state index contributed by atoms with van der Waals surface area (Å²) in [5, 5.41) is 14.6. The van der Waals surface area contributed by atoms with Gasteiger partial charge in [-0.25, -0.2) is 0 Å². The molecule has 2 aromatic rings. The van der Waals surface area contributed by atoms with E-state index in [0.717, 1.165) is 0 Å². The van der Waals surface area contributed by atoms with Gasteiger partial charge in [0.25, 0.3) is 5.91 Å². The molecule has 0 fully saturated rings. The number of carbonyl (C=O) groups excluding carboxylic acids is 1. The lowest BCUT2D eigenvalue weighted by Crippen LogP contribution is -2.34. The molecule has 0 aliphatic rings. The number of para-hydroxylation sites is 1. The summed E-state index contributed by atoms with van der Waals surface area (Å²) in [6.07, 6.45) is 0. The Labute approximate surface area is 165 Å². The fraction of sp³-hybridized carbons (Fsp3) is 0.167. The molecule has 0 atom stereocenters. The van der Waals surface area contributed by atoms with Crippen LogP contribution in [0.3, 0.4) is 0 Å². The van der Waals surface area contributed by atoms with Crippen molar-refractivity contribution in [3.63, 3.8) is 0 Å². The molecule has 0 aliphatic heterocycles.